The summed E-state index contributed by atoms with van der Waals surface area (Å²) in [5.74, 6) is 0. The molecule has 0 unspecified atom stereocenters. The van der Waals surface area contributed by atoms with Gasteiger partial charge in [0, 0.05) is 6.04 Å². The van der Waals surface area contributed by atoms with Gasteiger partial charge < -0.3 is 0 Å². The minimum atomic E-state index is -3.75. The highest BCUT2D eigenvalue weighted by molar-refractivity contribution is 7.86. The molecule has 0 aromatic carbocycles. The maximum atomic E-state index is 10.3. The van der Waals surface area contributed by atoms with Gasteiger partial charge in [0.1, 0.15) is 0 Å². The standard InChI is InChI=1S/C5H13N2O2S/c1-3-5(4-2)7-10(6,8)9/h5-7H,3-4H2,1-2H3. The molecule has 0 aliphatic carbocycles. The van der Waals surface area contributed by atoms with Crippen LogP contribution < -0.4 is 9.86 Å². The van der Waals surface area contributed by atoms with Crippen molar-refractivity contribution >= 4 is 10.2 Å². The molecule has 4 nitrogen and oxygen atoms in total. The van der Waals surface area contributed by atoms with E-state index >= 15 is 0 Å². The first-order chi connectivity index (χ1) is 4.49. The quantitative estimate of drug-likeness (QED) is 0.650. The summed E-state index contributed by atoms with van der Waals surface area (Å²) in [6.07, 6.45) is 1.46. The van der Waals surface area contributed by atoms with Gasteiger partial charge in [-0.05, 0) is 12.8 Å². The van der Waals surface area contributed by atoms with Crippen LogP contribution in [0.25, 0.3) is 0 Å². The van der Waals surface area contributed by atoms with Gasteiger partial charge in [-0.2, -0.15) is 13.1 Å². The summed E-state index contributed by atoms with van der Waals surface area (Å²) in [6.45, 7) is 3.76. The molecular weight excluding hydrogens is 152 g/mol. The van der Waals surface area contributed by atoms with Crippen molar-refractivity contribution in [3.8, 4) is 0 Å². The molecule has 0 aromatic heterocycles. The third-order valence-electron chi connectivity index (χ3n) is 1.31. The minimum absolute atomic E-state index is 0.0810. The predicted molar refractivity (Wildman–Crippen MR) is 39.5 cm³/mol. The molecule has 0 aliphatic heterocycles. The minimum Gasteiger partial charge on any atom is -0.198 e. The molecule has 0 aromatic rings. The second-order valence-corrected chi connectivity index (χ2v) is 3.38. The molecule has 0 spiro atoms. The highest BCUT2D eigenvalue weighted by atomic mass is 32.2. The Morgan fingerprint density at radius 2 is 1.80 bits per heavy atom. The van der Waals surface area contributed by atoms with Crippen molar-refractivity contribution in [3.63, 3.8) is 0 Å². The predicted octanol–water partition coefficient (Wildman–Crippen LogP) is 0.292. The fraction of sp³-hybridized carbons (Fsp3) is 1.00. The van der Waals surface area contributed by atoms with E-state index in [4.69, 9.17) is 5.14 Å². The third-order valence-corrected chi connectivity index (χ3v) is 1.95. The lowest BCUT2D eigenvalue weighted by Crippen LogP contribution is -2.34. The van der Waals surface area contributed by atoms with E-state index in [2.05, 4.69) is 4.72 Å². The van der Waals surface area contributed by atoms with E-state index in [9.17, 15) is 8.42 Å². The van der Waals surface area contributed by atoms with Gasteiger partial charge in [0.25, 0.3) is 10.2 Å². The van der Waals surface area contributed by atoms with Crippen LogP contribution >= 0.6 is 0 Å². The molecule has 0 aliphatic rings. The van der Waals surface area contributed by atoms with Crippen LogP contribution in [0.4, 0.5) is 0 Å². The zero-order valence-corrected chi connectivity index (χ0v) is 7.03. The summed E-state index contributed by atoms with van der Waals surface area (Å²) >= 11 is 0. The molecule has 0 heterocycles. The molecule has 0 atom stereocenters. The average Bonchev–Trinajstić information content (AvgIpc) is 1.81. The highest BCUT2D eigenvalue weighted by Gasteiger charge is 2.09. The van der Waals surface area contributed by atoms with E-state index in [0.717, 1.165) is 12.8 Å². The zero-order chi connectivity index (χ0) is 8.20. The van der Waals surface area contributed by atoms with Crippen molar-refractivity contribution in [2.24, 2.45) is 0 Å². The van der Waals surface area contributed by atoms with Gasteiger partial charge in [-0.25, -0.2) is 0 Å². The van der Waals surface area contributed by atoms with Gasteiger partial charge in [0.2, 0.25) is 0 Å². The monoisotopic (exact) mass is 165 g/mol. The lowest BCUT2D eigenvalue weighted by atomic mass is 10.2. The van der Waals surface area contributed by atoms with Gasteiger partial charge in [-0.1, -0.05) is 13.8 Å². The van der Waals surface area contributed by atoms with Crippen LogP contribution in [-0.4, -0.2) is 14.5 Å². The van der Waals surface area contributed by atoms with Crippen LogP contribution in [0.15, 0.2) is 0 Å². The van der Waals surface area contributed by atoms with Crippen molar-refractivity contribution in [3.05, 3.63) is 0 Å². The summed E-state index contributed by atoms with van der Waals surface area (Å²) in [4.78, 5) is 0. The molecule has 61 valence electrons. The normalized spacial score (nSPS) is 12.4. The molecule has 0 rings (SSSR count). The van der Waals surface area contributed by atoms with Crippen LogP contribution in [-0.2, 0) is 10.2 Å². The van der Waals surface area contributed by atoms with Crippen LogP contribution in [0, 0.1) is 0 Å². The fourth-order valence-electron chi connectivity index (χ4n) is 0.675. The second kappa shape index (κ2) is 3.90. The Balaban J connectivity index is 3.87. The SMILES string of the molecule is CCC(CC)NS([NH])(=O)=O. The van der Waals surface area contributed by atoms with Crippen molar-refractivity contribution < 1.29 is 8.42 Å². The first-order valence-corrected chi connectivity index (χ1v) is 4.74. The molecule has 2 N–H and O–H groups in total. The number of rotatable bonds is 4. The van der Waals surface area contributed by atoms with E-state index in [0.29, 0.717) is 0 Å². The van der Waals surface area contributed by atoms with Crippen molar-refractivity contribution in [2.75, 3.05) is 0 Å². The van der Waals surface area contributed by atoms with Gasteiger partial charge in [0.15, 0.2) is 0 Å². The van der Waals surface area contributed by atoms with Gasteiger partial charge >= 0.3 is 0 Å². The largest absolute Gasteiger partial charge is 0.290 e. The maximum Gasteiger partial charge on any atom is 0.290 e. The van der Waals surface area contributed by atoms with Crippen LogP contribution in [0.5, 0.6) is 0 Å². The summed E-state index contributed by atoms with van der Waals surface area (Å²) in [6, 6.07) is -0.0810. The fourth-order valence-corrected chi connectivity index (χ4v) is 1.45. The Labute approximate surface area is 62.0 Å². The molecule has 0 fully saturated rings. The average molecular weight is 165 g/mol. The van der Waals surface area contributed by atoms with Gasteiger partial charge in [0.05, 0.1) is 0 Å². The molecule has 0 bridgehead atoms. The Hall–Kier alpha value is -0.130. The molecule has 1 radical (unpaired) electrons. The topological polar surface area (TPSA) is 70.0 Å². The maximum absolute atomic E-state index is 10.3. The summed E-state index contributed by atoms with van der Waals surface area (Å²) in [7, 11) is -3.75. The van der Waals surface area contributed by atoms with Gasteiger partial charge in [-0.15, -0.1) is 5.14 Å². The lowest BCUT2D eigenvalue weighted by Gasteiger charge is -2.10. The Morgan fingerprint density at radius 3 is 1.90 bits per heavy atom. The van der Waals surface area contributed by atoms with E-state index < -0.39 is 10.2 Å². The summed E-state index contributed by atoms with van der Waals surface area (Å²) in [5.41, 5.74) is 0. The van der Waals surface area contributed by atoms with Gasteiger partial charge in [-0.3, -0.25) is 0 Å². The Bertz CT molecular complexity index is 172. The van der Waals surface area contributed by atoms with Crippen LogP contribution in [0.1, 0.15) is 26.7 Å². The number of nitrogens with one attached hydrogen (secondary N) is 2. The van der Waals surface area contributed by atoms with E-state index in [-0.39, 0.29) is 6.04 Å². The Morgan fingerprint density at radius 1 is 1.40 bits per heavy atom. The Kier molecular flexibility index (Phi) is 3.85. The molecular formula is C5H13N2O2S. The van der Waals surface area contributed by atoms with E-state index in [1.807, 2.05) is 13.8 Å². The lowest BCUT2D eigenvalue weighted by molar-refractivity contribution is 0.530. The smallest absolute Gasteiger partial charge is 0.198 e. The van der Waals surface area contributed by atoms with Crippen molar-refractivity contribution in [1.82, 2.24) is 9.86 Å². The number of hydrogen-bond donors (Lipinski definition) is 1. The summed E-state index contributed by atoms with van der Waals surface area (Å²) < 4.78 is 22.8. The molecule has 0 saturated carbocycles. The first kappa shape index (κ1) is 9.87. The van der Waals surface area contributed by atoms with Crippen molar-refractivity contribution in [2.45, 2.75) is 32.7 Å². The highest BCUT2D eigenvalue weighted by Crippen LogP contribution is 1.96. The third kappa shape index (κ3) is 4.72. The zero-order valence-electron chi connectivity index (χ0n) is 6.22. The summed E-state index contributed by atoms with van der Waals surface area (Å²) in [5, 5.41) is 6.53. The second-order valence-electron chi connectivity index (χ2n) is 2.13. The molecule has 0 saturated heterocycles. The van der Waals surface area contributed by atoms with Crippen LogP contribution in [0.3, 0.4) is 0 Å². The molecule has 5 heteroatoms. The van der Waals surface area contributed by atoms with E-state index in [1.165, 1.54) is 0 Å². The molecule has 0 amide bonds. The number of hydrogen-bond acceptors (Lipinski definition) is 2. The molecule has 10 heavy (non-hydrogen) atoms. The van der Waals surface area contributed by atoms with Crippen molar-refractivity contribution in [1.29, 1.82) is 0 Å². The first-order valence-electron chi connectivity index (χ1n) is 3.26. The van der Waals surface area contributed by atoms with E-state index in [1.54, 1.807) is 0 Å². The van der Waals surface area contributed by atoms with Crippen LogP contribution in [0.2, 0.25) is 0 Å².